The maximum absolute atomic E-state index is 11.9. The summed E-state index contributed by atoms with van der Waals surface area (Å²) in [4.78, 5) is 14.7. The summed E-state index contributed by atoms with van der Waals surface area (Å²) >= 11 is 6.74. The van der Waals surface area contributed by atoms with E-state index in [0.717, 1.165) is 8.95 Å². The molecule has 7 nitrogen and oxygen atoms in total. The number of rotatable bonds is 4. The standard InChI is InChI=1S/C17H10Br2N4O3/c18-10-5-11-15(12(19)6-10)21-17(25)16(11)23-22-14(24)8-26-13-4-2-1-3-9(13)7-20/h1-6,21,25H,8H2. The highest BCUT2D eigenvalue weighted by atomic mass is 79.9. The lowest BCUT2D eigenvalue weighted by atomic mass is 10.2. The van der Waals surface area contributed by atoms with E-state index < -0.39 is 5.91 Å². The molecule has 130 valence electrons. The van der Waals surface area contributed by atoms with Gasteiger partial charge in [-0.05, 0) is 40.2 Å². The number of nitrogens with one attached hydrogen (secondary N) is 1. The summed E-state index contributed by atoms with van der Waals surface area (Å²) in [6, 6.07) is 12.1. The molecule has 0 aliphatic carbocycles. The molecule has 9 heteroatoms. The summed E-state index contributed by atoms with van der Waals surface area (Å²) in [5.74, 6) is -0.562. The van der Waals surface area contributed by atoms with Crippen molar-refractivity contribution < 1.29 is 14.6 Å². The number of amides is 1. The van der Waals surface area contributed by atoms with Gasteiger partial charge in [-0.2, -0.15) is 5.26 Å². The van der Waals surface area contributed by atoms with Crippen LogP contribution in [0.5, 0.6) is 11.6 Å². The number of hydrogen-bond donors (Lipinski definition) is 2. The molecule has 1 amide bonds. The van der Waals surface area contributed by atoms with E-state index in [1.165, 1.54) is 0 Å². The molecular weight excluding hydrogens is 468 g/mol. The number of nitriles is 1. The van der Waals surface area contributed by atoms with E-state index in [1.54, 1.807) is 30.3 Å². The van der Waals surface area contributed by atoms with Crippen LogP contribution in [0, 0.1) is 11.3 Å². The zero-order chi connectivity index (χ0) is 18.7. The minimum absolute atomic E-state index is 0.146. The van der Waals surface area contributed by atoms with Crippen molar-refractivity contribution in [3.8, 4) is 17.7 Å². The summed E-state index contributed by atoms with van der Waals surface area (Å²) in [5, 5.41) is 27.0. The zero-order valence-corrected chi connectivity index (χ0v) is 16.2. The van der Waals surface area contributed by atoms with Crippen molar-refractivity contribution in [3.63, 3.8) is 0 Å². The lowest BCUT2D eigenvalue weighted by Gasteiger charge is -2.04. The Bertz CT molecular complexity index is 1070. The highest BCUT2D eigenvalue weighted by Crippen LogP contribution is 2.40. The number of aromatic amines is 1. The Kier molecular flexibility index (Phi) is 5.35. The monoisotopic (exact) mass is 476 g/mol. The Labute approximate surface area is 164 Å². The molecule has 0 fully saturated rings. The number of aromatic nitrogens is 1. The molecule has 1 heterocycles. The highest BCUT2D eigenvalue weighted by Gasteiger charge is 2.14. The van der Waals surface area contributed by atoms with Crippen LogP contribution in [0.15, 0.2) is 55.6 Å². The molecule has 26 heavy (non-hydrogen) atoms. The van der Waals surface area contributed by atoms with Crippen LogP contribution in [-0.2, 0) is 4.79 Å². The zero-order valence-electron chi connectivity index (χ0n) is 13.0. The van der Waals surface area contributed by atoms with Crippen molar-refractivity contribution in [2.24, 2.45) is 10.2 Å². The quantitative estimate of drug-likeness (QED) is 0.517. The summed E-state index contributed by atoms with van der Waals surface area (Å²) < 4.78 is 6.80. The predicted octanol–water partition coefficient (Wildman–Crippen LogP) is 4.96. The number of aromatic hydroxyl groups is 1. The largest absolute Gasteiger partial charge is 0.493 e. The van der Waals surface area contributed by atoms with Crippen LogP contribution < -0.4 is 4.74 Å². The Morgan fingerprint density at radius 3 is 2.85 bits per heavy atom. The Hall–Kier alpha value is -2.70. The summed E-state index contributed by atoms with van der Waals surface area (Å²) in [5.41, 5.74) is 1.10. The minimum Gasteiger partial charge on any atom is -0.493 e. The van der Waals surface area contributed by atoms with Crippen LogP contribution in [-0.4, -0.2) is 22.6 Å². The number of benzene rings is 2. The number of azo groups is 1. The summed E-state index contributed by atoms with van der Waals surface area (Å²) in [7, 11) is 0. The van der Waals surface area contributed by atoms with Gasteiger partial charge in [-0.3, -0.25) is 4.79 Å². The van der Waals surface area contributed by atoms with Crippen LogP contribution in [0.4, 0.5) is 5.69 Å². The molecular formula is C17H10Br2N4O3. The highest BCUT2D eigenvalue weighted by molar-refractivity contribution is 9.11. The Balaban J connectivity index is 1.78. The normalized spacial score (nSPS) is 11.0. The number of nitrogens with zero attached hydrogens (tertiary/aromatic N) is 3. The number of fused-ring (bicyclic) bond motifs is 1. The summed E-state index contributed by atoms with van der Waals surface area (Å²) in [6.07, 6.45) is 0. The first-order valence-electron chi connectivity index (χ1n) is 7.25. The third-order valence-corrected chi connectivity index (χ3v) is 4.48. The fraction of sp³-hybridized carbons (Fsp3) is 0.0588. The predicted molar refractivity (Wildman–Crippen MR) is 102 cm³/mol. The minimum atomic E-state index is -0.652. The number of carbonyl (C=O) groups is 1. The second kappa shape index (κ2) is 7.68. The maximum atomic E-state index is 11.9. The van der Waals surface area contributed by atoms with E-state index in [0.29, 0.717) is 22.2 Å². The number of halogens is 2. The van der Waals surface area contributed by atoms with Gasteiger partial charge in [0, 0.05) is 14.3 Å². The van der Waals surface area contributed by atoms with Gasteiger partial charge in [0.05, 0.1) is 11.1 Å². The molecule has 0 bridgehead atoms. The van der Waals surface area contributed by atoms with E-state index in [2.05, 4.69) is 47.1 Å². The first kappa shape index (κ1) is 18.1. The Morgan fingerprint density at radius 2 is 2.08 bits per heavy atom. The third-order valence-electron chi connectivity index (χ3n) is 3.40. The molecule has 3 aromatic rings. The van der Waals surface area contributed by atoms with Gasteiger partial charge in [0.15, 0.2) is 12.3 Å². The number of carbonyl (C=O) groups excluding carboxylic acids is 1. The molecule has 0 saturated heterocycles. The number of hydrogen-bond acceptors (Lipinski definition) is 5. The fourth-order valence-electron chi connectivity index (χ4n) is 2.25. The molecule has 0 atom stereocenters. The van der Waals surface area contributed by atoms with Crippen molar-refractivity contribution in [1.82, 2.24) is 4.98 Å². The lowest BCUT2D eigenvalue weighted by molar-refractivity contribution is -0.120. The molecule has 3 rings (SSSR count). The van der Waals surface area contributed by atoms with Crippen LogP contribution in [0.1, 0.15) is 5.56 Å². The topological polar surface area (TPSA) is 111 Å². The molecule has 0 aliphatic rings. The van der Waals surface area contributed by atoms with E-state index in [-0.39, 0.29) is 18.2 Å². The molecule has 0 aliphatic heterocycles. The van der Waals surface area contributed by atoms with Crippen molar-refractivity contribution >= 4 is 54.4 Å². The van der Waals surface area contributed by atoms with Gasteiger partial charge in [0.1, 0.15) is 11.8 Å². The Morgan fingerprint density at radius 1 is 1.31 bits per heavy atom. The lowest BCUT2D eigenvalue weighted by Crippen LogP contribution is -2.08. The van der Waals surface area contributed by atoms with Crippen molar-refractivity contribution in [1.29, 1.82) is 5.26 Å². The maximum Gasteiger partial charge on any atom is 0.302 e. The van der Waals surface area contributed by atoms with Gasteiger partial charge < -0.3 is 14.8 Å². The molecule has 0 saturated carbocycles. The van der Waals surface area contributed by atoms with Gasteiger partial charge in [-0.15, -0.1) is 10.2 Å². The second-order valence-electron chi connectivity index (χ2n) is 5.12. The van der Waals surface area contributed by atoms with E-state index in [9.17, 15) is 9.90 Å². The van der Waals surface area contributed by atoms with Crippen molar-refractivity contribution in [3.05, 3.63) is 50.9 Å². The number of ether oxygens (including phenoxy) is 1. The van der Waals surface area contributed by atoms with Crippen LogP contribution in [0.25, 0.3) is 10.9 Å². The van der Waals surface area contributed by atoms with E-state index in [4.69, 9.17) is 10.00 Å². The first-order valence-corrected chi connectivity index (χ1v) is 8.84. The van der Waals surface area contributed by atoms with Gasteiger partial charge >= 0.3 is 5.91 Å². The smallest absolute Gasteiger partial charge is 0.302 e. The second-order valence-corrected chi connectivity index (χ2v) is 6.89. The first-order chi connectivity index (χ1) is 12.5. The molecule has 1 aromatic heterocycles. The fourth-order valence-corrected chi connectivity index (χ4v) is 3.58. The van der Waals surface area contributed by atoms with Gasteiger partial charge in [0.25, 0.3) is 0 Å². The van der Waals surface area contributed by atoms with E-state index in [1.807, 2.05) is 12.1 Å². The summed E-state index contributed by atoms with van der Waals surface area (Å²) in [6.45, 7) is -0.376. The van der Waals surface area contributed by atoms with Gasteiger partial charge in [-0.1, -0.05) is 28.1 Å². The van der Waals surface area contributed by atoms with E-state index >= 15 is 0 Å². The molecule has 2 N–H and O–H groups in total. The molecule has 2 aromatic carbocycles. The third kappa shape index (κ3) is 3.76. The van der Waals surface area contributed by atoms with Crippen LogP contribution in [0.2, 0.25) is 0 Å². The van der Waals surface area contributed by atoms with Crippen LogP contribution >= 0.6 is 31.9 Å². The number of para-hydroxylation sites is 1. The van der Waals surface area contributed by atoms with Crippen molar-refractivity contribution in [2.45, 2.75) is 0 Å². The molecule has 0 unspecified atom stereocenters. The number of H-pyrrole nitrogens is 1. The average Bonchev–Trinajstić information content (AvgIpc) is 2.94. The average molecular weight is 478 g/mol. The molecule has 0 spiro atoms. The van der Waals surface area contributed by atoms with Gasteiger partial charge in [0.2, 0.25) is 5.88 Å². The van der Waals surface area contributed by atoms with Gasteiger partial charge in [-0.25, -0.2) is 0 Å². The molecule has 0 radical (unpaired) electrons. The van der Waals surface area contributed by atoms with Crippen LogP contribution in [0.3, 0.4) is 0 Å². The van der Waals surface area contributed by atoms with Crippen molar-refractivity contribution in [2.75, 3.05) is 6.61 Å². The SMILES string of the molecule is N#Cc1ccccc1OCC(=O)N=Nc1c(O)[nH]c2c(Br)cc(Br)cc12.